The molecule has 0 aliphatic heterocycles. The van der Waals surface area contributed by atoms with Gasteiger partial charge < -0.3 is 13.8 Å². The first-order valence-electron chi connectivity index (χ1n) is 12.3. The van der Waals surface area contributed by atoms with E-state index in [0.29, 0.717) is 5.56 Å². The van der Waals surface area contributed by atoms with Gasteiger partial charge in [-0.3, -0.25) is 4.57 Å². The minimum Gasteiger partial charge on any atom is -0.490 e. The van der Waals surface area contributed by atoms with Crippen LogP contribution in [0.15, 0.2) is 12.1 Å². The van der Waals surface area contributed by atoms with Crippen LogP contribution in [0.4, 0.5) is 8.78 Å². The molecule has 0 N–H and O–H groups in total. The monoisotopic (exact) mass is 474 g/mol. The Morgan fingerprint density at radius 2 is 1.66 bits per heavy atom. The van der Waals surface area contributed by atoms with Crippen molar-refractivity contribution in [2.24, 2.45) is 11.8 Å². The summed E-state index contributed by atoms with van der Waals surface area (Å²) in [5, 5.41) is 0. The highest BCUT2D eigenvalue weighted by Gasteiger charge is 2.28. The average molecular weight is 475 g/mol. The van der Waals surface area contributed by atoms with Crippen LogP contribution in [0.5, 0.6) is 5.75 Å². The molecular weight excluding hydrogens is 433 g/mol. The molecule has 0 saturated heterocycles. The zero-order chi connectivity index (χ0) is 23.6. The summed E-state index contributed by atoms with van der Waals surface area (Å²) in [6.45, 7) is 8.22. The first kappa shape index (κ1) is 27.3. The Hall–Kier alpha value is -0.970. The summed E-state index contributed by atoms with van der Waals surface area (Å²) in [6.07, 6.45) is 9.18. The van der Waals surface area contributed by atoms with Gasteiger partial charge in [-0.2, -0.15) is 4.39 Å². The normalized spacial score (nSPS) is 20.3. The van der Waals surface area contributed by atoms with E-state index in [1.165, 1.54) is 31.7 Å². The highest BCUT2D eigenvalue weighted by molar-refractivity contribution is 7.53. The molecule has 1 atom stereocenters. The summed E-state index contributed by atoms with van der Waals surface area (Å²) < 4.78 is 58.4. The van der Waals surface area contributed by atoms with E-state index in [9.17, 15) is 13.3 Å². The molecule has 0 bridgehead atoms. The van der Waals surface area contributed by atoms with Gasteiger partial charge in [0.1, 0.15) is 0 Å². The van der Waals surface area contributed by atoms with Crippen LogP contribution in [0.1, 0.15) is 90.5 Å². The van der Waals surface area contributed by atoms with Gasteiger partial charge in [0.05, 0.1) is 26.0 Å². The van der Waals surface area contributed by atoms with Crippen molar-refractivity contribution in [3.63, 3.8) is 0 Å². The fraction of sp³-hybridized carbons (Fsp3) is 0.760. The van der Waals surface area contributed by atoms with Crippen LogP contribution in [0.3, 0.4) is 0 Å². The number of hydrogen-bond donors (Lipinski definition) is 0. The first-order chi connectivity index (χ1) is 15.3. The van der Waals surface area contributed by atoms with Crippen molar-refractivity contribution < 1.29 is 27.1 Å². The molecule has 0 amide bonds. The van der Waals surface area contributed by atoms with Crippen molar-refractivity contribution >= 4 is 7.60 Å². The first-order valence-corrected chi connectivity index (χ1v) is 14.0. The fourth-order valence-electron chi connectivity index (χ4n) is 4.62. The predicted octanol–water partition coefficient (Wildman–Crippen LogP) is 8.10. The molecule has 4 nitrogen and oxygen atoms in total. The maximum atomic E-state index is 14.8. The molecule has 32 heavy (non-hydrogen) atoms. The summed E-state index contributed by atoms with van der Waals surface area (Å²) >= 11 is 0. The van der Waals surface area contributed by atoms with Crippen LogP contribution in [0.25, 0.3) is 0 Å². The molecule has 2 rings (SSSR count). The van der Waals surface area contributed by atoms with E-state index in [1.807, 2.05) is 6.92 Å². The smallest absolute Gasteiger partial charge is 0.331 e. The molecule has 0 aromatic heterocycles. The molecule has 1 aliphatic rings. The number of unbranched alkanes of at least 4 members (excludes halogenated alkanes) is 2. The van der Waals surface area contributed by atoms with E-state index in [1.54, 1.807) is 19.9 Å². The van der Waals surface area contributed by atoms with Crippen LogP contribution in [-0.2, 0) is 13.6 Å². The van der Waals surface area contributed by atoms with E-state index >= 15 is 0 Å². The van der Waals surface area contributed by atoms with Crippen LogP contribution in [0.2, 0.25) is 0 Å². The molecular formula is C25H41F2O4P. The van der Waals surface area contributed by atoms with Crippen molar-refractivity contribution in [1.29, 1.82) is 0 Å². The van der Waals surface area contributed by atoms with Crippen LogP contribution < -0.4 is 4.74 Å². The Labute approximate surface area is 192 Å². The highest BCUT2D eigenvalue weighted by atomic mass is 31.2. The predicted molar refractivity (Wildman–Crippen MR) is 126 cm³/mol. The number of halogens is 2. The molecule has 184 valence electrons. The Balaban J connectivity index is 1.92. The lowest BCUT2D eigenvalue weighted by Gasteiger charge is -2.29. The van der Waals surface area contributed by atoms with Gasteiger partial charge in [0.2, 0.25) is 5.82 Å². The van der Waals surface area contributed by atoms with E-state index < -0.39 is 19.2 Å². The van der Waals surface area contributed by atoms with Gasteiger partial charge in [-0.1, -0.05) is 45.6 Å². The van der Waals surface area contributed by atoms with E-state index in [0.717, 1.165) is 31.6 Å². The maximum Gasteiger partial charge on any atom is 0.331 e. The highest BCUT2D eigenvalue weighted by Crippen LogP contribution is 2.49. The van der Waals surface area contributed by atoms with Crippen molar-refractivity contribution in [3.8, 4) is 5.75 Å². The molecule has 1 aromatic rings. The van der Waals surface area contributed by atoms with Crippen molar-refractivity contribution in [3.05, 3.63) is 29.3 Å². The van der Waals surface area contributed by atoms with Gasteiger partial charge >= 0.3 is 7.60 Å². The lowest BCUT2D eigenvalue weighted by Crippen LogP contribution is -2.17. The minimum atomic E-state index is -3.21. The lowest BCUT2D eigenvalue weighted by atomic mass is 9.77. The molecule has 1 fully saturated rings. The summed E-state index contributed by atoms with van der Waals surface area (Å²) in [6, 6.07) is 3.20. The third-order valence-corrected chi connectivity index (χ3v) is 8.66. The Bertz CT molecular complexity index is 725. The molecule has 7 heteroatoms. The van der Waals surface area contributed by atoms with Gasteiger partial charge in [0.15, 0.2) is 11.6 Å². The standard InChI is InChI=1S/C25H41F2O4P/c1-5-8-9-10-20-11-13-21(14-12-20)22-15-16-23(25(27)24(22)26)29-17-19(4)18-32(28,30-6-2)31-7-3/h15-16,19-21H,5-14,17-18H2,1-4H3/t19-,20?,21?/m1/s1. The molecule has 0 heterocycles. The zero-order valence-electron chi connectivity index (χ0n) is 20.2. The number of hydrogen-bond acceptors (Lipinski definition) is 4. The quantitative estimate of drug-likeness (QED) is 0.202. The molecule has 0 radical (unpaired) electrons. The second-order valence-electron chi connectivity index (χ2n) is 9.04. The maximum absolute atomic E-state index is 14.8. The minimum absolute atomic E-state index is 0.0724. The van der Waals surface area contributed by atoms with Gasteiger partial charge in [-0.05, 0) is 63.0 Å². The largest absolute Gasteiger partial charge is 0.490 e. The summed E-state index contributed by atoms with van der Waals surface area (Å²) in [7, 11) is -3.21. The Morgan fingerprint density at radius 3 is 2.25 bits per heavy atom. The number of rotatable bonds is 14. The Kier molecular flexibility index (Phi) is 11.7. The fourth-order valence-corrected chi connectivity index (χ4v) is 6.56. The van der Waals surface area contributed by atoms with Gasteiger partial charge in [0.25, 0.3) is 0 Å². The van der Waals surface area contributed by atoms with E-state index in [2.05, 4.69) is 6.92 Å². The number of ether oxygens (including phenoxy) is 1. The lowest BCUT2D eigenvalue weighted by molar-refractivity contribution is 0.205. The van der Waals surface area contributed by atoms with Crippen LogP contribution in [-0.4, -0.2) is 26.0 Å². The molecule has 0 spiro atoms. The van der Waals surface area contributed by atoms with Crippen molar-refractivity contribution in [2.75, 3.05) is 26.0 Å². The zero-order valence-corrected chi connectivity index (χ0v) is 21.1. The van der Waals surface area contributed by atoms with Gasteiger partial charge in [0, 0.05) is 5.92 Å². The molecule has 0 unspecified atom stereocenters. The third-order valence-electron chi connectivity index (χ3n) is 6.29. The molecule has 1 aromatic carbocycles. The summed E-state index contributed by atoms with van der Waals surface area (Å²) in [5.74, 6) is -1.24. The Morgan fingerprint density at radius 1 is 1.00 bits per heavy atom. The topological polar surface area (TPSA) is 44.8 Å². The summed E-state index contributed by atoms with van der Waals surface area (Å²) in [4.78, 5) is 0. The summed E-state index contributed by atoms with van der Waals surface area (Å²) in [5.41, 5.74) is 0.465. The van der Waals surface area contributed by atoms with Crippen molar-refractivity contribution in [2.45, 2.75) is 85.0 Å². The average Bonchev–Trinajstić information content (AvgIpc) is 2.76. The van der Waals surface area contributed by atoms with E-state index in [4.69, 9.17) is 13.8 Å². The molecule has 1 aliphatic carbocycles. The van der Waals surface area contributed by atoms with Gasteiger partial charge in [-0.25, -0.2) is 4.39 Å². The second-order valence-corrected chi connectivity index (χ2v) is 11.1. The van der Waals surface area contributed by atoms with Crippen LogP contribution >= 0.6 is 7.60 Å². The third kappa shape index (κ3) is 8.11. The second kappa shape index (κ2) is 13.7. The van der Waals surface area contributed by atoms with Crippen molar-refractivity contribution in [1.82, 2.24) is 0 Å². The van der Waals surface area contributed by atoms with Gasteiger partial charge in [-0.15, -0.1) is 0 Å². The SMILES string of the molecule is CCCCCC1CCC(c2ccc(OC[C@@H](C)CP(=O)(OCC)OCC)c(F)c2F)CC1. The number of benzene rings is 1. The van der Waals surface area contributed by atoms with Crippen LogP contribution in [0, 0.1) is 23.5 Å². The van der Waals surface area contributed by atoms with E-state index in [-0.39, 0.29) is 43.6 Å². The molecule has 1 saturated carbocycles.